The molecule has 1 aliphatic carbocycles. The number of carbonyl (C=O) groups excluding carboxylic acids is 1. The summed E-state index contributed by atoms with van der Waals surface area (Å²) < 4.78 is 5.79. The monoisotopic (exact) mass is 468 g/mol. The molecule has 2 aromatic carbocycles. The summed E-state index contributed by atoms with van der Waals surface area (Å²) in [5, 5.41) is 1.08. The number of ketones is 1. The third kappa shape index (κ3) is 7.43. The standard InChI is InChI=1S/C27H33BrO2/c28-20-6-1-2-7-21-30-26-17-10-22(11-18-26)12-19-27(29)25-15-13-24(14-16-25)23-8-4-3-5-9-23/h10-19,23H,1-9,20-21H2. The first-order valence-electron chi connectivity index (χ1n) is 11.4. The van der Waals surface area contributed by atoms with Gasteiger partial charge in [0.05, 0.1) is 6.61 Å². The molecule has 160 valence electrons. The van der Waals surface area contributed by atoms with Crippen molar-refractivity contribution in [2.24, 2.45) is 0 Å². The lowest BCUT2D eigenvalue weighted by molar-refractivity contribution is 0.104. The van der Waals surface area contributed by atoms with Gasteiger partial charge in [0, 0.05) is 10.9 Å². The van der Waals surface area contributed by atoms with Crippen molar-refractivity contribution in [3.63, 3.8) is 0 Å². The zero-order valence-corrected chi connectivity index (χ0v) is 19.4. The van der Waals surface area contributed by atoms with Crippen molar-refractivity contribution in [3.8, 4) is 5.75 Å². The number of ether oxygens (including phenoxy) is 1. The quantitative estimate of drug-likeness (QED) is 0.144. The molecule has 1 aliphatic rings. The second-order valence-electron chi connectivity index (χ2n) is 8.18. The van der Waals surface area contributed by atoms with Crippen LogP contribution in [0.1, 0.15) is 85.2 Å². The Bertz CT molecular complexity index is 787. The molecule has 0 bridgehead atoms. The van der Waals surface area contributed by atoms with Gasteiger partial charge in [0.25, 0.3) is 0 Å². The molecule has 3 rings (SSSR count). The van der Waals surface area contributed by atoms with Gasteiger partial charge in [-0.15, -0.1) is 0 Å². The first-order valence-corrected chi connectivity index (χ1v) is 12.5. The Labute approximate surface area is 189 Å². The number of allylic oxidation sites excluding steroid dienone is 1. The smallest absolute Gasteiger partial charge is 0.185 e. The Kier molecular flexibility index (Phi) is 9.69. The Balaban J connectivity index is 1.46. The molecule has 1 fully saturated rings. The molecule has 0 N–H and O–H groups in total. The topological polar surface area (TPSA) is 26.3 Å². The summed E-state index contributed by atoms with van der Waals surface area (Å²) in [6.45, 7) is 0.757. The maximum absolute atomic E-state index is 12.5. The van der Waals surface area contributed by atoms with Gasteiger partial charge in [0.1, 0.15) is 5.75 Å². The summed E-state index contributed by atoms with van der Waals surface area (Å²) in [5.41, 5.74) is 3.14. The fourth-order valence-electron chi connectivity index (χ4n) is 4.04. The lowest BCUT2D eigenvalue weighted by Gasteiger charge is -2.21. The lowest BCUT2D eigenvalue weighted by atomic mass is 9.84. The number of benzene rings is 2. The van der Waals surface area contributed by atoms with Crippen LogP contribution in [0, 0.1) is 0 Å². The van der Waals surface area contributed by atoms with Gasteiger partial charge in [-0.2, -0.15) is 0 Å². The number of halogens is 1. The molecule has 2 nitrogen and oxygen atoms in total. The van der Waals surface area contributed by atoms with Gasteiger partial charge < -0.3 is 4.74 Å². The second kappa shape index (κ2) is 12.7. The summed E-state index contributed by atoms with van der Waals surface area (Å²) in [7, 11) is 0. The van der Waals surface area contributed by atoms with Crippen molar-refractivity contribution in [1.82, 2.24) is 0 Å². The van der Waals surface area contributed by atoms with Crippen molar-refractivity contribution in [1.29, 1.82) is 0 Å². The molecule has 0 saturated heterocycles. The van der Waals surface area contributed by atoms with Crippen LogP contribution in [-0.2, 0) is 0 Å². The summed E-state index contributed by atoms with van der Waals surface area (Å²) in [4.78, 5) is 12.5. The van der Waals surface area contributed by atoms with E-state index < -0.39 is 0 Å². The summed E-state index contributed by atoms with van der Waals surface area (Å²) >= 11 is 3.46. The third-order valence-electron chi connectivity index (χ3n) is 5.88. The Morgan fingerprint density at radius 3 is 2.30 bits per heavy atom. The van der Waals surface area contributed by atoms with Crippen LogP contribution in [0.15, 0.2) is 54.6 Å². The maximum Gasteiger partial charge on any atom is 0.185 e. The van der Waals surface area contributed by atoms with Crippen LogP contribution in [-0.4, -0.2) is 17.7 Å². The van der Waals surface area contributed by atoms with Crippen LogP contribution < -0.4 is 4.74 Å². The van der Waals surface area contributed by atoms with E-state index in [-0.39, 0.29) is 5.78 Å². The van der Waals surface area contributed by atoms with E-state index in [0.29, 0.717) is 5.92 Å². The van der Waals surface area contributed by atoms with Crippen LogP contribution in [0.5, 0.6) is 5.75 Å². The summed E-state index contributed by atoms with van der Waals surface area (Å²) in [6.07, 6.45) is 14.9. The molecule has 0 spiro atoms. The fourth-order valence-corrected chi connectivity index (χ4v) is 4.44. The van der Waals surface area contributed by atoms with E-state index in [4.69, 9.17) is 4.74 Å². The van der Waals surface area contributed by atoms with Gasteiger partial charge in [-0.25, -0.2) is 0 Å². The molecule has 0 amide bonds. The van der Waals surface area contributed by atoms with E-state index in [9.17, 15) is 4.79 Å². The third-order valence-corrected chi connectivity index (χ3v) is 6.44. The number of hydrogen-bond donors (Lipinski definition) is 0. The van der Waals surface area contributed by atoms with Gasteiger partial charge >= 0.3 is 0 Å². The summed E-state index contributed by atoms with van der Waals surface area (Å²) in [6, 6.07) is 16.2. The Morgan fingerprint density at radius 2 is 1.60 bits per heavy atom. The van der Waals surface area contributed by atoms with E-state index in [1.807, 2.05) is 42.5 Å². The van der Waals surface area contributed by atoms with Crippen molar-refractivity contribution >= 4 is 27.8 Å². The molecule has 0 heterocycles. The second-order valence-corrected chi connectivity index (χ2v) is 8.97. The molecule has 0 aliphatic heterocycles. The highest BCUT2D eigenvalue weighted by molar-refractivity contribution is 9.09. The number of rotatable bonds is 11. The predicted molar refractivity (Wildman–Crippen MR) is 130 cm³/mol. The van der Waals surface area contributed by atoms with E-state index in [0.717, 1.165) is 35.2 Å². The highest BCUT2D eigenvalue weighted by atomic mass is 79.9. The highest BCUT2D eigenvalue weighted by Crippen LogP contribution is 2.32. The first-order chi connectivity index (χ1) is 14.8. The van der Waals surface area contributed by atoms with Gasteiger partial charge in [0.2, 0.25) is 0 Å². The SMILES string of the molecule is O=C(C=Cc1ccc(OCCCCCCBr)cc1)c1ccc(C2CCCCC2)cc1. The van der Waals surface area contributed by atoms with E-state index in [1.54, 1.807) is 6.08 Å². The minimum Gasteiger partial charge on any atom is -0.494 e. The molecule has 30 heavy (non-hydrogen) atoms. The van der Waals surface area contributed by atoms with Crippen molar-refractivity contribution < 1.29 is 9.53 Å². The maximum atomic E-state index is 12.5. The Morgan fingerprint density at radius 1 is 0.900 bits per heavy atom. The molecule has 0 unspecified atom stereocenters. The average Bonchev–Trinajstić information content (AvgIpc) is 2.81. The minimum atomic E-state index is 0.0500. The fraction of sp³-hybridized carbons (Fsp3) is 0.444. The molecule has 0 radical (unpaired) electrons. The van der Waals surface area contributed by atoms with Crippen LogP contribution in [0.3, 0.4) is 0 Å². The predicted octanol–water partition coefficient (Wildman–Crippen LogP) is 7.96. The number of unbranched alkanes of at least 4 members (excludes halogenated alkanes) is 3. The van der Waals surface area contributed by atoms with Gasteiger partial charge in [0.15, 0.2) is 5.78 Å². The highest BCUT2D eigenvalue weighted by Gasteiger charge is 2.15. The van der Waals surface area contributed by atoms with Crippen molar-refractivity contribution in [3.05, 3.63) is 71.3 Å². The molecule has 2 aromatic rings. The van der Waals surface area contributed by atoms with Crippen LogP contribution in [0.25, 0.3) is 6.08 Å². The van der Waals surface area contributed by atoms with Crippen molar-refractivity contribution in [2.45, 2.75) is 63.7 Å². The van der Waals surface area contributed by atoms with Gasteiger partial charge in [-0.05, 0) is 60.9 Å². The zero-order valence-electron chi connectivity index (χ0n) is 17.8. The zero-order chi connectivity index (χ0) is 21.0. The Hall–Kier alpha value is -1.87. The number of carbonyl (C=O) groups is 1. The largest absolute Gasteiger partial charge is 0.494 e. The molecule has 0 aromatic heterocycles. The normalized spacial score (nSPS) is 14.8. The van der Waals surface area contributed by atoms with E-state index in [1.165, 1.54) is 56.9 Å². The molecule has 3 heteroatoms. The number of alkyl halides is 1. The van der Waals surface area contributed by atoms with E-state index in [2.05, 4.69) is 28.1 Å². The van der Waals surface area contributed by atoms with Gasteiger partial charge in [-0.1, -0.05) is 90.5 Å². The van der Waals surface area contributed by atoms with Crippen LogP contribution >= 0.6 is 15.9 Å². The number of hydrogen-bond acceptors (Lipinski definition) is 2. The minimum absolute atomic E-state index is 0.0500. The van der Waals surface area contributed by atoms with Crippen molar-refractivity contribution in [2.75, 3.05) is 11.9 Å². The average molecular weight is 469 g/mol. The molecular formula is C27H33BrO2. The first kappa shape index (κ1) is 22.8. The van der Waals surface area contributed by atoms with Gasteiger partial charge in [-0.3, -0.25) is 4.79 Å². The molecule has 0 atom stereocenters. The lowest BCUT2D eigenvalue weighted by Crippen LogP contribution is -2.05. The molecular weight excluding hydrogens is 436 g/mol. The van der Waals surface area contributed by atoms with Crippen LogP contribution in [0.2, 0.25) is 0 Å². The van der Waals surface area contributed by atoms with Crippen LogP contribution in [0.4, 0.5) is 0 Å². The van der Waals surface area contributed by atoms with E-state index >= 15 is 0 Å². The summed E-state index contributed by atoms with van der Waals surface area (Å²) in [5.74, 6) is 1.61. The molecule has 1 saturated carbocycles.